The summed E-state index contributed by atoms with van der Waals surface area (Å²) < 4.78 is 38.1. The van der Waals surface area contributed by atoms with E-state index in [-0.39, 0.29) is 28.6 Å². The van der Waals surface area contributed by atoms with Gasteiger partial charge in [0.1, 0.15) is 10.6 Å². The maximum Gasteiger partial charge on any atom is 0.257 e. The van der Waals surface area contributed by atoms with Gasteiger partial charge in [-0.05, 0) is 46.0 Å². The van der Waals surface area contributed by atoms with Gasteiger partial charge in [0.25, 0.3) is 5.89 Å². The number of nitrogens with one attached hydrogen (secondary N) is 2. The second-order valence-electron chi connectivity index (χ2n) is 6.05. The van der Waals surface area contributed by atoms with Gasteiger partial charge in [0, 0.05) is 24.1 Å². The van der Waals surface area contributed by atoms with E-state index in [0.717, 1.165) is 0 Å². The van der Waals surface area contributed by atoms with E-state index in [9.17, 15) is 8.42 Å². The van der Waals surface area contributed by atoms with Crippen molar-refractivity contribution in [1.29, 1.82) is 0 Å². The van der Waals surface area contributed by atoms with Crippen molar-refractivity contribution in [2.75, 3.05) is 14.2 Å². The van der Waals surface area contributed by atoms with Crippen LogP contribution in [0.4, 0.5) is 0 Å². The summed E-state index contributed by atoms with van der Waals surface area (Å²) in [5.41, 5.74) is 0.515. The summed E-state index contributed by atoms with van der Waals surface area (Å²) in [5, 5.41) is 7.04. The van der Waals surface area contributed by atoms with Crippen molar-refractivity contribution in [3.05, 3.63) is 24.0 Å². The molecule has 2 N–H and O–H groups in total. The first-order chi connectivity index (χ1) is 11.8. The zero-order valence-corrected chi connectivity index (χ0v) is 15.8. The number of aromatic nitrogens is 2. The average molecular weight is 368 g/mol. The van der Waals surface area contributed by atoms with E-state index >= 15 is 0 Å². The van der Waals surface area contributed by atoms with Gasteiger partial charge in [-0.25, -0.2) is 13.1 Å². The quantitative estimate of drug-likeness (QED) is 0.728. The van der Waals surface area contributed by atoms with E-state index in [2.05, 4.69) is 20.2 Å². The molecule has 0 saturated heterocycles. The number of hydrogen-bond acceptors (Lipinski definition) is 7. The predicted octanol–water partition coefficient (Wildman–Crippen LogP) is 1.58. The van der Waals surface area contributed by atoms with Gasteiger partial charge >= 0.3 is 0 Å². The third-order valence-corrected chi connectivity index (χ3v) is 5.22. The number of methoxy groups -OCH3 is 1. The van der Waals surface area contributed by atoms with Crippen LogP contribution in [0.1, 0.15) is 26.6 Å². The highest BCUT2D eigenvalue weighted by Gasteiger charge is 2.22. The molecular formula is C16H24N4O4S. The highest BCUT2D eigenvalue weighted by atomic mass is 32.2. The first-order valence-corrected chi connectivity index (χ1v) is 9.45. The van der Waals surface area contributed by atoms with Crippen molar-refractivity contribution < 1.29 is 17.7 Å². The van der Waals surface area contributed by atoms with E-state index in [4.69, 9.17) is 9.26 Å². The van der Waals surface area contributed by atoms with Gasteiger partial charge in [-0.3, -0.25) is 0 Å². The molecule has 0 aliphatic heterocycles. The molecule has 138 valence electrons. The Morgan fingerprint density at radius 1 is 1.28 bits per heavy atom. The third kappa shape index (κ3) is 4.77. The minimum atomic E-state index is -3.72. The largest absolute Gasteiger partial charge is 0.495 e. The lowest BCUT2D eigenvalue weighted by Crippen LogP contribution is -2.30. The van der Waals surface area contributed by atoms with Crippen molar-refractivity contribution in [1.82, 2.24) is 20.2 Å². The first kappa shape index (κ1) is 19.4. The molecule has 0 saturated carbocycles. The lowest BCUT2D eigenvalue weighted by molar-refractivity contribution is 0.401. The Kier molecular flexibility index (Phi) is 6.15. The van der Waals surface area contributed by atoms with E-state index in [1.807, 2.05) is 14.0 Å². The molecule has 0 bridgehead atoms. The molecule has 1 aromatic heterocycles. The molecule has 0 amide bonds. The Morgan fingerprint density at radius 3 is 2.60 bits per heavy atom. The first-order valence-electron chi connectivity index (χ1n) is 7.97. The van der Waals surface area contributed by atoms with E-state index in [0.29, 0.717) is 17.8 Å². The summed E-state index contributed by atoms with van der Waals surface area (Å²) in [6.45, 7) is 5.51. The second-order valence-corrected chi connectivity index (χ2v) is 7.73. The molecule has 1 aromatic carbocycles. The van der Waals surface area contributed by atoms with Crippen molar-refractivity contribution in [3.63, 3.8) is 0 Å². The highest BCUT2D eigenvalue weighted by molar-refractivity contribution is 7.89. The van der Waals surface area contributed by atoms with Gasteiger partial charge in [0.2, 0.25) is 10.0 Å². The highest BCUT2D eigenvalue weighted by Crippen LogP contribution is 2.29. The summed E-state index contributed by atoms with van der Waals surface area (Å²) in [4.78, 5) is 4.37. The molecule has 2 aromatic rings. The lowest BCUT2D eigenvalue weighted by atomic mass is 10.2. The molecule has 0 fully saturated rings. The topological polar surface area (TPSA) is 106 Å². The average Bonchev–Trinajstić information content (AvgIpc) is 3.01. The van der Waals surface area contributed by atoms with Crippen LogP contribution in [0.25, 0.3) is 11.5 Å². The third-order valence-electron chi connectivity index (χ3n) is 3.54. The predicted molar refractivity (Wildman–Crippen MR) is 94.0 cm³/mol. The van der Waals surface area contributed by atoms with Gasteiger partial charge in [0.05, 0.1) is 7.11 Å². The van der Waals surface area contributed by atoms with Crippen LogP contribution in [0.15, 0.2) is 27.6 Å². The van der Waals surface area contributed by atoms with E-state index in [1.54, 1.807) is 26.0 Å². The van der Waals surface area contributed by atoms with Crippen LogP contribution in [0.2, 0.25) is 0 Å². The van der Waals surface area contributed by atoms with Crippen LogP contribution in [0.3, 0.4) is 0 Å². The Bertz CT molecular complexity index is 817. The SMILES string of the molecule is CNC(C)Cc1noc(-c2ccc(OC)c(S(=O)(=O)NC(C)C)c2)n1. The van der Waals surface area contributed by atoms with Crippen LogP contribution in [-0.2, 0) is 16.4 Å². The molecule has 0 radical (unpaired) electrons. The Morgan fingerprint density at radius 2 is 2.00 bits per heavy atom. The van der Waals surface area contributed by atoms with Crippen LogP contribution in [0.5, 0.6) is 5.75 Å². The van der Waals surface area contributed by atoms with Crippen LogP contribution in [0, 0.1) is 0 Å². The van der Waals surface area contributed by atoms with E-state index in [1.165, 1.54) is 13.2 Å². The summed E-state index contributed by atoms with van der Waals surface area (Å²) >= 11 is 0. The number of ether oxygens (including phenoxy) is 1. The van der Waals surface area contributed by atoms with Gasteiger partial charge in [-0.2, -0.15) is 4.98 Å². The number of nitrogens with zero attached hydrogens (tertiary/aromatic N) is 2. The summed E-state index contributed by atoms with van der Waals surface area (Å²) in [7, 11) is -0.445. The Balaban J connectivity index is 2.39. The Labute approximate surface area is 148 Å². The maximum absolute atomic E-state index is 12.5. The molecule has 0 spiro atoms. The van der Waals surface area contributed by atoms with Gasteiger partial charge < -0.3 is 14.6 Å². The molecule has 1 atom stereocenters. The van der Waals surface area contributed by atoms with E-state index < -0.39 is 10.0 Å². The molecule has 0 aliphatic carbocycles. The van der Waals surface area contributed by atoms with Crippen LogP contribution in [-0.4, -0.2) is 44.8 Å². The number of rotatable bonds is 8. The lowest BCUT2D eigenvalue weighted by Gasteiger charge is -2.13. The fourth-order valence-electron chi connectivity index (χ4n) is 2.22. The smallest absolute Gasteiger partial charge is 0.257 e. The zero-order chi connectivity index (χ0) is 18.6. The minimum Gasteiger partial charge on any atom is -0.495 e. The van der Waals surface area contributed by atoms with Crippen molar-refractivity contribution in [2.24, 2.45) is 0 Å². The van der Waals surface area contributed by atoms with Crippen molar-refractivity contribution in [3.8, 4) is 17.2 Å². The second kappa shape index (κ2) is 7.94. The summed E-state index contributed by atoms with van der Waals surface area (Å²) in [5.74, 6) is 1.07. The summed E-state index contributed by atoms with van der Waals surface area (Å²) in [6.07, 6.45) is 0.607. The van der Waals surface area contributed by atoms with Gasteiger partial charge in [-0.15, -0.1) is 0 Å². The molecule has 2 rings (SSSR count). The molecule has 9 heteroatoms. The fraction of sp³-hybridized carbons (Fsp3) is 0.500. The van der Waals surface area contributed by atoms with Crippen molar-refractivity contribution in [2.45, 2.75) is 44.2 Å². The molecule has 1 unspecified atom stereocenters. The number of benzene rings is 1. The molecule has 25 heavy (non-hydrogen) atoms. The number of hydrogen-bond donors (Lipinski definition) is 2. The van der Waals surface area contributed by atoms with Crippen LogP contribution < -0.4 is 14.8 Å². The normalized spacial score (nSPS) is 13.2. The Hall–Kier alpha value is -1.97. The molecular weight excluding hydrogens is 344 g/mol. The van der Waals surface area contributed by atoms with Gasteiger partial charge in [0.15, 0.2) is 5.82 Å². The minimum absolute atomic E-state index is 0.0320. The van der Waals surface area contributed by atoms with Crippen molar-refractivity contribution >= 4 is 10.0 Å². The fourth-order valence-corrected chi connectivity index (χ4v) is 3.67. The standard InChI is InChI=1S/C16H24N4O4S/c1-10(2)20-25(21,22)14-9-12(6-7-13(14)23-5)16-18-15(19-24-16)8-11(3)17-4/h6-7,9-11,17,20H,8H2,1-5H3. The number of sulfonamides is 1. The summed E-state index contributed by atoms with van der Waals surface area (Å²) in [6, 6.07) is 4.70. The van der Waals surface area contributed by atoms with Crippen LogP contribution >= 0.6 is 0 Å². The van der Waals surface area contributed by atoms with Gasteiger partial charge in [-0.1, -0.05) is 5.16 Å². The molecule has 0 aliphatic rings. The monoisotopic (exact) mass is 368 g/mol. The molecule has 8 nitrogen and oxygen atoms in total. The zero-order valence-electron chi connectivity index (χ0n) is 15.0. The maximum atomic E-state index is 12.5. The number of likely N-dealkylation sites (N-methyl/N-ethyl adjacent to an activating group) is 1. The molecule has 1 heterocycles.